The van der Waals surface area contributed by atoms with Gasteiger partial charge in [0.1, 0.15) is 17.5 Å². The average Bonchev–Trinajstić information content (AvgIpc) is 2.43. The highest BCUT2D eigenvalue weighted by atomic mass is 19.1. The average molecular weight is 280 g/mol. The Bertz CT molecular complexity index is 592. The van der Waals surface area contributed by atoms with Crippen LogP contribution in [0.3, 0.4) is 0 Å². The summed E-state index contributed by atoms with van der Waals surface area (Å²) in [5.41, 5.74) is -1.39. The van der Waals surface area contributed by atoms with Crippen LogP contribution in [0.15, 0.2) is 42.5 Å². The number of benzene rings is 2. The van der Waals surface area contributed by atoms with Crippen LogP contribution in [0, 0.1) is 17.5 Å². The van der Waals surface area contributed by atoms with E-state index < -0.39 is 23.1 Å². The Balaban J connectivity index is 2.42. The van der Waals surface area contributed by atoms with Gasteiger partial charge in [-0.1, -0.05) is 25.1 Å². The van der Waals surface area contributed by atoms with Gasteiger partial charge >= 0.3 is 0 Å². The van der Waals surface area contributed by atoms with E-state index in [1.54, 1.807) is 13.0 Å². The van der Waals surface area contributed by atoms with Crippen molar-refractivity contribution in [3.05, 3.63) is 71.0 Å². The van der Waals surface area contributed by atoms with Crippen LogP contribution in [-0.2, 0) is 12.0 Å². The number of rotatable bonds is 4. The van der Waals surface area contributed by atoms with Crippen LogP contribution in [0.4, 0.5) is 13.2 Å². The quantitative estimate of drug-likeness (QED) is 0.899. The van der Waals surface area contributed by atoms with Crippen molar-refractivity contribution in [1.29, 1.82) is 0 Å². The van der Waals surface area contributed by atoms with E-state index in [4.69, 9.17) is 0 Å². The smallest absolute Gasteiger partial charge is 0.129 e. The molecule has 0 aliphatic carbocycles. The van der Waals surface area contributed by atoms with Gasteiger partial charge in [0.15, 0.2) is 0 Å². The molecule has 1 atom stereocenters. The zero-order valence-corrected chi connectivity index (χ0v) is 11.0. The Labute approximate surface area is 115 Å². The van der Waals surface area contributed by atoms with Crippen molar-refractivity contribution >= 4 is 0 Å². The van der Waals surface area contributed by atoms with Gasteiger partial charge in [0, 0.05) is 12.0 Å². The van der Waals surface area contributed by atoms with E-state index in [1.165, 1.54) is 24.3 Å². The lowest BCUT2D eigenvalue weighted by Crippen LogP contribution is -2.28. The van der Waals surface area contributed by atoms with Gasteiger partial charge in [-0.2, -0.15) is 0 Å². The Kier molecular flexibility index (Phi) is 4.14. The predicted octanol–water partition coefficient (Wildman–Crippen LogP) is 3.94. The lowest BCUT2D eigenvalue weighted by molar-refractivity contribution is 0.0307. The molecule has 1 unspecified atom stereocenters. The highest BCUT2D eigenvalue weighted by molar-refractivity contribution is 5.28. The Hall–Kier alpha value is -1.81. The molecular formula is C16H15F3O. The molecule has 2 rings (SSSR count). The molecule has 0 heterocycles. The van der Waals surface area contributed by atoms with Gasteiger partial charge in [-0.15, -0.1) is 0 Å². The third-order valence-corrected chi connectivity index (χ3v) is 3.48. The summed E-state index contributed by atoms with van der Waals surface area (Å²) in [7, 11) is 0. The van der Waals surface area contributed by atoms with E-state index in [-0.39, 0.29) is 18.4 Å². The molecule has 1 N–H and O–H groups in total. The molecule has 4 heteroatoms. The minimum absolute atomic E-state index is 0.193. The van der Waals surface area contributed by atoms with Crippen molar-refractivity contribution in [2.24, 2.45) is 0 Å². The van der Waals surface area contributed by atoms with Crippen LogP contribution < -0.4 is 0 Å². The van der Waals surface area contributed by atoms with Crippen molar-refractivity contribution in [2.45, 2.75) is 25.4 Å². The predicted molar refractivity (Wildman–Crippen MR) is 70.6 cm³/mol. The molecule has 0 aromatic heterocycles. The minimum Gasteiger partial charge on any atom is -0.385 e. The molecule has 0 amide bonds. The summed E-state index contributed by atoms with van der Waals surface area (Å²) in [6.45, 7) is 1.68. The second-order valence-corrected chi connectivity index (χ2v) is 4.77. The minimum atomic E-state index is -1.51. The van der Waals surface area contributed by atoms with E-state index in [1.807, 2.05) is 0 Å². The first-order valence-corrected chi connectivity index (χ1v) is 6.37. The summed E-state index contributed by atoms with van der Waals surface area (Å²) in [4.78, 5) is 0. The summed E-state index contributed by atoms with van der Waals surface area (Å²) >= 11 is 0. The molecule has 0 bridgehead atoms. The van der Waals surface area contributed by atoms with Crippen molar-refractivity contribution in [1.82, 2.24) is 0 Å². The number of hydrogen-bond donors (Lipinski definition) is 1. The van der Waals surface area contributed by atoms with E-state index in [0.717, 1.165) is 12.1 Å². The molecule has 1 nitrogen and oxygen atoms in total. The fraction of sp³-hybridized carbons (Fsp3) is 0.250. The maximum absolute atomic E-state index is 13.7. The fourth-order valence-corrected chi connectivity index (χ4v) is 2.20. The topological polar surface area (TPSA) is 20.2 Å². The Morgan fingerprint density at radius 1 is 1.00 bits per heavy atom. The van der Waals surface area contributed by atoms with Crippen LogP contribution in [0.25, 0.3) is 0 Å². The summed E-state index contributed by atoms with van der Waals surface area (Å²) in [6, 6.07) is 8.99. The monoisotopic (exact) mass is 280 g/mol. The third kappa shape index (κ3) is 2.85. The van der Waals surface area contributed by atoms with Gasteiger partial charge in [-0.3, -0.25) is 0 Å². The summed E-state index contributed by atoms with van der Waals surface area (Å²) < 4.78 is 40.6. The lowest BCUT2D eigenvalue weighted by Gasteiger charge is -2.28. The molecule has 2 aromatic carbocycles. The normalized spacial score (nSPS) is 14.1. The molecule has 2 aromatic rings. The molecule has 0 fully saturated rings. The zero-order chi connectivity index (χ0) is 14.8. The van der Waals surface area contributed by atoms with Crippen molar-refractivity contribution in [3.63, 3.8) is 0 Å². The van der Waals surface area contributed by atoms with Gasteiger partial charge in [0.2, 0.25) is 0 Å². The second-order valence-electron chi connectivity index (χ2n) is 4.77. The first-order chi connectivity index (χ1) is 9.46. The number of hydrogen-bond acceptors (Lipinski definition) is 1. The number of halogens is 3. The van der Waals surface area contributed by atoms with E-state index in [9.17, 15) is 18.3 Å². The molecule has 0 aliphatic heterocycles. The molecule has 0 spiro atoms. The van der Waals surface area contributed by atoms with Gasteiger partial charge in [0.05, 0.1) is 5.60 Å². The van der Waals surface area contributed by atoms with E-state index in [2.05, 4.69) is 0 Å². The van der Waals surface area contributed by atoms with E-state index >= 15 is 0 Å². The molecule has 0 aliphatic rings. The largest absolute Gasteiger partial charge is 0.385 e. The first-order valence-electron chi connectivity index (χ1n) is 6.37. The second kappa shape index (κ2) is 5.67. The first kappa shape index (κ1) is 14.6. The van der Waals surface area contributed by atoms with Gasteiger partial charge in [-0.05, 0) is 36.2 Å². The maximum atomic E-state index is 13.7. The summed E-state index contributed by atoms with van der Waals surface area (Å²) in [5.74, 6) is -1.93. The van der Waals surface area contributed by atoms with Crippen LogP contribution in [0.2, 0.25) is 0 Å². The highest BCUT2D eigenvalue weighted by Gasteiger charge is 2.30. The number of aliphatic hydroxyl groups is 1. The maximum Gasteiger partial charge on any atom is 0.129 e. The Morgan fingerprint density at radius 3 is 2.15 bits per heavy atom. The standard InChI is InChI=1S/C16H15F3O/c1-2-16(20,11-5-3-6-12(17)9-11)10-13-14(18)7-4-8-15(13)19/h3-9,20H,2,10H2,1H3. The molecular weight excluding hydrogens is 265 g/mol. The van der Waals surface area contributed by atoms with Crippen LogP contribution in [-0.4, -0.2) is 5.11 Å². The van der Waals surface area contributed by atoms with Crippen LogP contribution in [0.1, 0.15) is 24.5 Å². The van der Waals surface area contributed by atoms with Gasteiger partial charge in [0.25, 0.3) is 0 Å². The van der Waals surface area contributed by atoms with Crippen LogP contribution >= 0.6 is 0 Å². The van der Waals surface area contributed by atoms with Crippen molar-refractivity contribution in [3.8, 4) is 0 Å². The van der Waals surface area contributed by atoms with Crippen LogP contribution in [0.5, 0.6) is 0 Å². The van der Waals surface area contributed by atoms with Crippen molar-refractivity contribution < 1.29 is 18.3 Å². The molecule has 20 heavy (non-hydrogen) atoms. The lowest BCUT2D eigenvalue weighted by atomic mass is 9.84. The van der Waals surface area contributed by atoms with Crippen molar-refractivity contribution in [2.75, 3.05) is 0 Å². The zero-order valence-electron chi connectivity index (χ0n) is 11.0. The van der Waals surface area contributed by atoms with Gasteiger partial charge in [-0.25, -0.2) is 13.2 Å². The molecule has 0 saturated heterocycles. The fourth-order valence-electron chi connectivity index (χ4n) is 2.20. The third-order valence-electron chi connectivity index (χ3n) is 3.48. The highest BCUT2D eigenvalue weighted by Crippen LogP contribution is 2.31. The molecule has 106 valence electrons. The van der Waals surface area contributed by atoms with E-state index in [0.29, 0.717) is 5.56 Å². The summed E-state index contributed by atoms with van der Waals surface area (Å²) in [6.07, 6.45) is -0.0321. The molecule has 0 saturated carbocycles. The van der Waals surface area contributed by atoms with Gasteiger partial charge < -0.3 is 5.11 Å². The summed E-state index contributed by atoms with van der Waals surface area (Å²) in [5, 5.41) is 10.6. The SMILES string of the molecule is CCC(O)(Cc1c(F)cccc1F)c1cccc(F)c1. The molecule has 0 radical (unpaired) electrons. The Morgan fingerprint density at radius 2 is 1.60 bits per heavy atom.